The summed E-state index contributed by atoms with van der Waals surface area (Å²) in [7, 11) is -3.85. The van der Waals surface area contributed by atoms with Gasteiger partial charge in [0.15, 0.2) is 5.65 Å². The van der Waals surface area contributed by atoms with Crippen molar-refractivity contribution in [3.63, 3.8) is 0 Å². The lowest BCUT2D eigenvalue weighted by atomic mass is 10.00. The van der Waals surface area contributed by atoms with E-state index in [9.17, 15) is 13.2 Å². The predicted octanol–water partition coefficient (Wildman–Crippen LogP) is 6.27. The van der Waals surface area contributed by atoms with Gasteiger partial charge in [-0.2, -0.15) is 0 Å². The van der Waals surface area contributed by atoms with Crippen molar-refractivity contribution in [2.24, 2.45) is 0 Å². The summed E-state index contributed by atoms with van der Waals surface area (Å²) in [5.74, 6) is 1.09. The fraction of sp³-hybridized carbons (Fsp3) is 0.286. The van der Waals surface area contributed by atoms with Crippen LogP contribution in [-0.2, 0) is 27.7 Å². The topological polar surface area (TPSA) is 90.7 Å². The zero-order valence-corrected chi connectivity index (χ0v) is 24.5. The smallest absolute Gasteiger partial charge is 0.410 e. The number of hydrogen-bond acceptors (Lipinski definition) is 6. The molecular formula is C28H28IN3O5S. The van der Waals surface area contributed by atoms with E-state index in [0.29, 0.717) is 39.2 Å². The quantitative estimate of drug-likeness (QED) is 0.243. The van der Waals surface area contributed by atoms with Crippen LogP contribution in [0, 0.1) is 10.5 Å². The first-order chi connectivity index (χ1) is 17.9. The van der Waals surface area contributed by atoms with Gasteiger partial charge in [-0.15, -0.1) is 0 Å². The average Bonchev–Trinajstić information content (AvgIpc) is 3.21. The maximum Gasteiger partial charge on any atom is 0.410 e. The third-order valence-corrected chi connectivity index (χ3v) is 8.70. The van der Waals surface area contributed by atoms with Crippen molar-refractivity contribution in [3.05, 3.63) is 81.2 Å². The minimum absolute atomic E-state index is 0.189. The zero-order chi connectivity index (χ0) is 27.2. The van der Waals surface area contributed by atoms with Crippen molar-refractivity contribution in [3.8, 4) is 11.5 Å². The lowest BCUT2D eigenvalue weighted by Gasteiger charge is -2.31. The van der Waals surface area contributed by atoms with Crippen LogP contribution < -0.4 is 4.74 Å². The Morgan fingerprint density at radius 2 is 1.79 bits per heavy atom. The standard InChI is InChI=1S/C28H28IN3O5S/c1-18-5-9-22(10-6-18)38(34,35)32-17-23(29)25-24(11-13-30-26(25)32)36-21-8-7-19-12-14-31(16-20(19)15-21)27(33)37-28(2,3)4/h5-11,13,15,17H,12,14,16H2,1-4H3. The van der Waals surface area contributed by atoms with Gasteiger partial charge in [-0.3, -0.25) is 0 Å². The Bertz CT molecular complexity index is 1640. The van der Waals surface area contributed by atoms with Crippen LogP contribution in [0.1, 0.15) is 37.5 Å². The first-order valence-corrected chi connectivity index (χ1v) is 14.7. The summed E-state index contributed by atoms with van der Waals surface area (Å²) in [6.07, 6.45) is 3.49. The molecule has 1 amide bonds. The number of carbonyl (C=O) groups excluding carboxylic acids is 1. The van der Waals surface area contributed by atoms with Gasteiger partial charge in [0, 0.05) is 29.1 Å². The molecule has 4 aromatic rings. The number of rotatable bonds is 4. The Hall–Kier alpha value is -3.12. The molecule has 0 saturated carbocycles. The summed E-state index contributed by atoms with van der Waals surface area (Å²) in [5.41, 5.74) is 2.85. The molecule has 2 aromatic heterocycles. The maximum absolute atomic E-state index is 13.4. The molecule has 10 heteroatoms. The number of halogens is 1. The molecule has 0 saturated heterocycles. The molecule has 0 unspecified atom stereocenters. The van der Waals surface area contributed by atoms with E-state index in [4.69, 9.17) is 9.47 Å². The van der Waals surface area contributed by atoms with Gasteiger partial charge < -0.3 is 14.4 Å². The first-order valence-electron chi connectivity index (χ1n) is 12.2. The fourth-order valence-electron chi connectivity index (χ4n) is 4.35. The van der Waals surface area contributed by atoms with Crippen LogP contribution in [-0.4, -0.2) is 40.5 Å². The minimum Gasteiger partial charge on any atom is -0.456 e. The summed E-state index contributed by atoms with van der Waals surface area (Å²) >= 11 is 2.10. The van der Waals surface area contributed by atoms with E-state index in [1.807, 2.05) is 45.9 Å². The number of amides is 1. The molecular weight excluding hydrogens is 617 g/mol. The molecule has 0 aliphatic carbocycles. The average molecular weight is 646 g/mol. The second-order valence-electron chi connectivity index (χ2n) is 10.3. The SMILES string of the molecule is Cc1ccc(S(=O)(=O)n2cc(I)c3c(Oc4ccc5c(c4)CN(C(=O)OC(C)(C)C)CC5)ccnc32)cc1. The van der Waals surface area contributed by atoms with Gasteiger partial charge in [-0.1, -0.05) is 23.8 Å². The van der Waals surface area contributed by atoms with Crippen LogP contribution in [0.2, 0.25) is 0 Å². The van der Waals surface area contributed by atoms with E-state index in [-0.39, 0.29) is 11.0 Å². The number of pyridine rings is 1. The lowest BCUT2D eigenvalue weighted by Crippen LogP contribution is -2.39. The number of aromatic nitrogens is 2. The normalized spacial score (nSPS) is 13.9. The Morgan fingerprint density at radius 1 is 1.05 bits per heavy atom. The molecule has 8 nitrogen and oxygen atoms in total. The van der Waals surface area contributed by atoms with Crippen LogP contribution in [0.3, 0.4) is 0 Å². The highest BCUT2D eigenvalue weighted by Gasteiger charge is 2.27. The Morgan fingerprint density at radius 3 is 2.50 bits per heavy atom. The lowest BCUT2D eigenvalue weighted by molar-refractivity contribution is 0.0224. The van der Waals surface area contributed by atoms with Gasteiger partial charge in [0.05, 0.1) is 10.3 Å². The van der Waals surface area contributed by atoms with Crippen LogP contribution in [0.25, 0.3) is 11.0 Å². The number of hydrogen-bond donors (Lipinski definition) is 0. The van der Waals surface area contributed by atoms with Crippen molar-refractivity contribution in [1.29, 1.82) is 0 Å². The second-order valence-corrected chi connectivity index (χ2v) is 13.3. The molecule has 1 aliphatic heterocycles. The summed E-state index contributed by atoms with van der Waals surface area (Å²) in [4.78, 5) is 18.9. The van der Waals surface area contributed by atoms with E-state index >= 15 is 0 Å². The molecule has 0 fully saturated rings. The highest BCUT2D eigenvalue weighted by molar-refractivity contribution is 14.1. The van der Waals surface area contributed by atoms with Crippen molar-refractivity contribution < 1.29 is 22.7 Å². The second kappa shape index (κ2) is 9.88. The summed E-state index contributed by atoms with van der Waals surface area (Å²) in [6, 6.07) is 14.3. The number of carbonyl (C=O) groups is 1. The zero-order valence-electron chi connectivity index (χ0n) is 21.6. The molecule has 3 heterocycles. The molecule has 0 spiro atoms. The summed E-state index contributed by atoms with van der Waals surface area (Å²) in [6.45, 7) is 8.48. The van der Waals surface area contributed by atoms with Crippen LogP contribution in [0.5, 0.6) is 11.5 Å². The molecule has 0 radical (unpaired) electrons. The molecule has 1 aliphatic rings. The molecule has 198 valence electrons. The Kier molecular flexibility index (Phi) is 6.89. The highest BCUT2D eigenvalue weighted by Crippen LogP contribution is 2.36. The molecule has 0 N–H and O–H groups in total. The van der Waals surface area contributed by atoms with Crippen molar-refractivity contribution >= 4 is 49.7 Å². The number of ether oxygens (including phenoxy) is 2. The van der Waals surface area contributed by atoms with Gasteiger partial charge in [0.2, 0.25) is 0 Å². The van der Waals surface area contributed by atoms with E-state index in [2.05, 4.69) is 27.6 Å². The van der Waals surface area contributed by atoms with E-state index in [1.165, 1.54) is 10.2 Å². The van der Waals surface area contributed by atoms with E-state index < -0.39 is 15.6 Å². The first kappa shape index (κ1) is 26.5. The van der Waals surface area contributed by atoms with Gasteiger partial charge in [0.25, 0.3) is 10.0 Å². The van der Waals surface area contributed by atoms with Crippen molar-refractivity contribution in [2.75, 3.05) is 6.54 Å². The Labute approximate surface area is 235 Å². The highest BCUT2D eigenvalue weighted by atomic mass is 127. The third-order valence-electron chi connectivity index (χ3n) is 6.22. The van der Waals surface area contributed by atoms with E-state index in [0.717, 1.165) is 23.1 Å². The molecule has 2 aromatic carbocycles. The molecule has 0 bridgehead atoms. The number of nitrogens with zero attached hydrogens (tertiary/aromatic N) is 3. The van der Waals surface area contributed by atoms with Gasteiger partial charge in [0.1, 0.15) is 17.1 Å². The van der Waals surface area contributed by atoms with Gasteiger partial charge in [-0.25, -0.2) is 22.2 Å². The number of benzene rings is 2. The van der Waals surface area contributed by atoms with Crippen LogP contribution in [0.15, 0.2) is 65.8 Å². The Balaban J connectivity index is 1.45. The molecule has 5 rings (SSSR count). The predicted molar refractivity (Wildman–Crippen MR) is 153 cm³/mol. The van der Waals surface area contributed by atoms with Crippen LogP contribution >= 0.6 is 22.6 Å². The van der Waals surface area contributed by atoms with Gasteiger partial charge in [-0.05, 0) is 98.2 Å². The fourth-order valence-corrected chi connectivity index (χ4v) is 6.64. The third kappa shape index (κ3) is 5.24. The number of fused-ring (bicyclic) bond motifs is 2. The van der Waals surface area contributed by atoms with Crippen molar-refractivity contribution in [2.45, 2.75) is 51.2 Å². The van der Waals surface area contributed by atoms with E-state index in [1.54, 1.807) is 41.4 Å². The maximum atomic E-state index is 13.4. The molecule has 38 heavy (non-hydrogen) atoms. The van der Waals surface area contributed by atoms with Gasteiger partial charge >= 0.3 is 6.09 Å². The summed E-state index contributed by atoms with van der Waals surface area (Å²) in [5, 5.41) is 0.608. The monoisotopic (exact) mass is 645 g/mol. The minimum atomic E-state index is -3.85. The summed E-state index contributed by atoms with van der Waals surface area (Å²) < 4.78 is 40.5. The largest absolute Gasteiger partial charge is 0.456 e. The molecule has 0 atom stereocenters. The van der Waals surface area contributed by atoms with Crippen LogP contribution in [0.4, 0.5) is 4.79 Å². The number of aryl methyl sites for hydroxylation is 1. The van der Waals surface area contributed by atoms with Crippen molar-refractivity contribution in [1.82, 2.24) is 13.9 Å².